The average Bonchev–Trinajstić information content (AvgIpc) is 2.76. The molecule has 3 amide bonds. The third kappa shape index (κ3) is 6.74. The molecule has 32 heavy (non-hydrogen) atoms. The van der Waals surface area contributed by atoms with Crippen LogP contribution in [0, 0.1) is 0 Å². The first-order valence-electron chi connectivity index (χ1n) is 10.3. The summed E-state index contributed by atoms with van der Waals surface area (Å²) in [5.41, 5.74) is 2.14. The molecule has 1 aliphatic rings. The highest BCUT2D eigenvalue weighted by Gasteiger charge is 2.16. The smallest absolute Gasteiger partial charge is 0.323 e. The van der Waals surface area contributed by atoms with Crippen LogP contribution in [0.3, 0.4) is 0 Å². The third-order valence-electron chi connectivity index (χ3n) is 4.98. The zero-order valence-electron chi connectivity index (χ0n) is 18.1. The summed E-state index contributed by atoms with van der Waals surface area (Å²) in [6.07, 6.45) is 0. The van der Waals surface area contributed by atoms with Gasteiger partial charge < -0.3 is 25.6 Å². The Balaban J connectivity index is 1.65. The van der Waals surface area contributed by atoms with Gasteiger partial charge in [-0.25, -0.2) is 4.79 Å². The van der Waals surface area contributed by atoms with Gasteiger partial charge in [-0.2, -0.15) is 0 Å². The molecule has 0 bridgehead atoms. The summed E-state index contributed by atoms with van der Waals surface area (Å²) in [6.45, 7) is 4.45. The Kier molecular flexibility index (Phi) is 8.58. The van der Waals surface area contributed by atoms with Crippen molar-refractivity contribution in [1.29, 1.82) is 0 Å². The molecule has 3 N–H and O–H groups in total. The van der Waals surface area contributed by atoms with Crippen LogP contribution < -0.4 is 20.9 Å². The van der Waals surface area contributed by atoms with E-state index < -0.39 is 6.03 Å². The second-order valence-electron chi connectivity index (χ2n) is 7.54. The molecular weight excluding hydrogens is 453 g/mol. The van der Waals surface area contributed by atoms with Gasteiger partial charge in [-0.1, -0.05) is 23.2 Å². The van der Waals surface area contributed by atoms with Crippen LogP contribution in [0.25, 0.3) is 0 Å². The van der Waals surface area contributed by atoms with Gasteiger partial charge in [0.15, 0.2) is 0 Å². The van der Waals surface area contributed by atoms with Crippen LogP contribution in [0.4, 0.5) is 21.9 Å². The van der Waals surface area contributed by atoms with Gasteiger partial charge in [0.25, 0.3) is 5.91 Å². The van der Waals surface area contributed by atoms with Crippen LogP contribution in [0.1, 0.15) is 10.4 Å². The van der Waals surface area contributed by atoms with Crippen LogP contribution in [0.5, 0.6) is 0 Å². The Hall–Kier alpha value is -2.52. The summed E-state index contributed by atoms with van der Waals surface area (Å²) < 4.78 is 5.35. The Morgan fingerprint density at radius 3 is 2.50 bits per heavy atom. The summed E-state index contributed by atoms with van der Waals surface area (Å²) in [5, 5.41) is 9.19. The summed E-state index contributed by atoms with van der Waals surface area (Å²) in [5.74, 6) is -0.202. The van der Waals surface area contributed by atoms with E-state index in [1.165, 1.54) is 0 Å². The molecule has 0 saturated carbocycles. The number of benzene rings is 2. The largest absolute Gasteiger partial charge is 0.379 e. The lowest BCUT2D eigenvalue weighted by Crippen LogP contribution is -2.41. The van der Waals surface area contributed by atoms with Crippen LogP contribution in [-0.4, -0.2) is 70.3 Å². The number of hydrogen-bond acceptors (Lipinski definition) is 5. The number of rotatable bonds is 7. The second-order valence-corrected chi connectivity index (χ2v) is 8.38. The first-order chi connectivity index (χ1) is 15.3. The van der Waals surface area contributed by atoms with E-state index in [9.17, 15) is 9.59 Å². The molecule has 1 aliphatic heterocycles. The monoisotopic (exact) mass is 479 g/mol. The topological polar surface area (TPSA) is 85.9 Å². The quantitative estimate of drug-likeness (QED) is 0.562. The van der Waals surface area contributed by atoms with E-state index in [1.807, 2.05) is 19.0 Å². The van der Waals surface area contributed by atoms with Crippen molar-refractivity contribution >= 4 is 52.2 Å². The predicted molar refractivity (Wildman–Crippen MR) is 129 cm³/mol. The molecule has 0 aliphatic carbocycles. The number of ether oxygens (including phenoxy) is 1. The van der Waals surface area contributed by atoms with E-state index >= 15 is 0 Å². The van der Waals surface area contributed by atoms with Gasteiger partial charge >= 0.3 is 6.03 Å². The van der Waals surface area contributed by atoms with Gasteiger partial charge in [0.2, 0.25) is 0 Å². The number of urea groups is 1. The number of carbonyl (C=O) groups is 2. The van der Waals surface area contributed by atoms with Gasteiger partial charge in [-0.15, -0.1) is 0 Å². The van der Waals surface area contributed by atoms with Crippen molar-refractivity contribution in [3.05, 3.63) is 52.0 Å². The van der Waals surface area contributed by atoms with E-state index in [1.54, 1.807) is 36.4 Å². The third-order valence-corrected chi connectivity index (χ3v) is 5.53. The maximum Gasteiger partial charge on any atom is 0.323 e. The summed E-state index contributed by atoms with van der Waals surface area (Å²) in [6, 6.07) is 9.50. The number of morpholine rings is 1. The molecule has 0 aromatic heterocycles. The number of nitrogens with one attached hydrogen (secondary N) is 3. The fraction of sp³-hybridized carbons (Fsp3) is 0.364. The van der Waals surface area contributed by atoms with Crippen molar-refractivity contribution < 1.29 is 14.3 Å². The number of carbonyl (C=O) groups excluding carboxylic acids is 2. The number of nitrogens with zero attached hydrogens (tertiary/aromatic N) is 2. The minimum Gasteiger partial charge on any atom is -0.379 e. The van der Waals surface area contributed by atoms with Gasteiger partial charge in [0.05, 0.1) is 29.5 Å². The van der Waals surface area contributed by atoms with Crippen molar-refractivity contribution in [1.82, 2.24) is 10.2 Å². The highest BCUT2D eigenvalue weighted by molar-refractivity contribution is 6.36. The molecule has 1 saturated heterocycles. The Bertz CT molecular complexity index is 965. The standard InChI is InChI=1S/C22H27Cl2N5O3/c1-28(2)20-6-4-16(26-22(31)27-19-5-3-15(23)13-18(19)24)14-17(20)21(30)25-7-8-29-9-11-32-12-10-29/h3-6,13-14H,7-12H2,1-2H3,(H,25,30)(H2,26,27,31). The van der Waals surface area contributed by atoms with Crippen molar-refractivity contribution in [3.63, 3.8) is 0 Å². The molecule has 0 unspecified atom stereocenters. The predicted octanol–water partition coefficient (Wildman–Crippen LogP) is 3.77. The van der Waals surface area contributed by atoms with E-state index in [4.69, 9.17) is 27.9 Å². The zero-order chi connectivity index (χ0) is 23.1. The van der Waals surface area contributed by atoms with Crippen molar-refractivity contribution in [2.75, 3.05) is 69.0 Å². The van der Waals surface area contributed by atoms with E-state index in [0.717, 1.165) is 38.5 Å². The normalized spacial score (nSPS) is 14.0. The van der Waals surface area contributed by atoms with E-state index in [2.05, 4.69) is 20.9 Å². The summed E-state index contributed by atoms with van der Waals surface area (Å²) >= 11 is 12.0. The SMILES string of the molecule is CN(C)c1ccc(NC(=O)Nc2ccc(Cl)cc2Cl)cc1C(=O)NCCN1CCOCC1. The number of amides is 3. The van der Waals surface area contributed by atoms with Crippen LogP contribution in [0.15, 0.2) is 36.4 Å². The Morgan fingerprint density at radius 2 is 1.81 bits per heavy atom. The first kappa shape index (κ1) is 24.1. The zero-order valence-corrected chi connectivity index (χ0v) is 19.6. The molecule has 10 heteroatoms. The van der Waals surface area contributed by atoms with Gasteiger partial charge in [0.1, 0.15) is 0 Å². The highest BCUT2D eigenvalue weighted by atomic mass is 35.5. The lowest BCUT2D eigenvalue weighted by Gasteiger charge is -2.26. The summed E-state index contributed by atoms with van der Waals surface area (Å²) in [7, 11) is 3.73. The maximum absolute atomic E-state index is 12.9. The highest BCUT2D eigenvalue weighted by Crippen LogP contribution is 2.26. The second kappa shape index (κ2) is 11.4. The molecule has 0 radical (unpaired) electrons. The van der Waals surface area contributed by atoms with Gasteiger partial charge in [0, 0.05) is 56.7 Å². The van der Waals surface area contributed by atoms with Gasteiger partial charge in [-0.3, -0.25) is 9.69 Å². The molecule has 0 spiro atoms. The Morgan fingerprint density at radius 1 is 1.06 bits per heavy atom. The molecule has 3 rings (SSSR count). The molecule has 0 atom stereocenters. The molecule has 8 nitrogen and oxygen atoms in total. The van der Waals surface area contributed by atoms with Crippen molar-refractivity contribution in [3.8, 4) is 0 Å². The molecule has 2 aromatic carbocycles. The van der Waals surface area contributed by atoms with Crippen LogP contribution in [0.2, 0.25) is 10.0 Å². The molecule has 1 heterocycles. The van der Waals surface area contributed by atoms with Gasteiger partial charge in [-0.05, 0) is 36.4 Å². The van der Waals surface area contributed by atoms with Crippen molar-refractivity contribution in [2.24, 2.45) is 0 Å². The number of hydrogen-bond donors (Lipinski definition) is 3. The maximum atomic E-state index is 12.9. The minimum absolute atomic E-state index is 0.202. The molecular formula is C22H27Cl2N5O3. The van der Waals surface area contributed by atoms with Crippen LogP contribution >= 0.6 is 23.2 Å². The molecule has 2 aromatic rings. The van der Waals surface area contributed by atoms with Crippen LogP contribution in [-0.2, 0) is 4.74 Å². The fourth-order valence-corrected chi connectivity index (χ4v) is 3.76. The number of halogens is 2. The lowest BCUT2D eigenvalue weighted by atomic mass is 10.1. The average molecular weight is 480 g/mol. The van der Waals surface area contributed by atoms with Crippen molar-refractivity contribution in [2.45, 2.75) is 0 Å². The number of anilines is 3. The molecule has 172 valence electrons. The lowest BCUT2D eigenvalue weighted by molar-refractivity contribution is 0.0383. The van der Waals surface area contributed by atoms with E-state index in [-0.39, 0.29) is 5.91 Å². The summed E-state index contributed by atoms with van der Waals surface area (Å²) in [4.78, 5) is 29.4. The molecule has 1 fully saturated rings. The Labute approximate surface area is 197 Å². The first-order valence-corrected chi connectivity index (χ1v) is 11.0. The minimum atomic E-state index is -0.481. The fourth-order valence-electron chi connectivity index (χ4n) is 3.31. The van der Waals surface area contributed by atoms with E-state index in [0.29, 0.717) is 33.5 Å².